The second kappa shape index (κ2) is 11.7. The number of benzene rings is 2. The summed E-state index contributed by atoms with van der Waals surface area (Å²) in [4.78, 5) is 17.8. The molecule has 2 aliphatic heterocycles. The average molecular weight is 567 g/mol. The van der Waals surface area contributed by atoms with E-state index in [9.17, 15) is 13.7 Å². The largest absolute Gasteiger partial charge is 0.593 e. The predicted octanol–water partition coefficient (Wildman–Crippen LogP) is 4.92. The lowest BCUT2D eigenvalue weighted by Crippen LogP contribution is -2.44. The number of ether oxygens (including phenoxy) is 1. The normalized spacial score (nSPS) is 23.9. The van der Waals surface area contributed by atoms with E-state index < -0.39 is 11.4 Å². The van der Waals surface area contributed by atoms with Crippen LogP contribution in [0.25, 0.3) is 22.2 Å². The minimum Gasteiger partial charge on any atom is -0.593 e. The Bertz CT molecular complexity index is 1390. The summed E-state index contributed by atoms with van der Waals surface area (Å²) in [6, 6.07) is 10.8. The van der Waals surface area contributed by atoms with Crippen LogP contribution in [0.5, 0.6) is 5.75 Å². The van der Waals surface area contributed by atoms with Crippen molar-refractivity contribution >= 4 is 28.2 Å². The molecule has 1 unspecified atom stereocenters. The number of amides is 1. The van der Waals surface area contributed by atoms with Gasteiger partial charge in [0.1, 0.15) is 23.9 Å². The summed E-state index contributed by atoms with van der Waals surface area (Å²) < 4.78 is 38.9. The Hall–Kier alpha value is -2.59. The first-order valence-electron chi connectivity index (χ1n) is 14.6. The van der Waals surface area contributed by atoms with Gasteiger partial charge >= 0.3 is 0 Å². The minimum atomic E-state index is -1.44. The maximum atomic E-state index is 14.8. The molecular formula is C31H39FN4O3S. The van der Waals surface area contributed by atoms with E-state index in [-0.39, 0.29) is 17.8 Å². The molecular weight excluding hydrogens is 527 g/mol. The molecule has 0 radical (unpaired) electrons. The number of aromatic nitrogens is 1. The first kappa shape index (κ1) is 27.6. The van der Waals surface area contributed by atoms with Gasteiger partial charge in [0, 0.05) is 54.6 Å². The molecule has 40 heavy (non-hydrogen) atoms. The molecule has 3 aliphatic rings. The van der Waals surface area contributed by atoms with Crippen molar-refractivity contribution in [3.05, 3.63) is 53.3 Å². The van der Waals surface area contributed by atoms with E-state index in [0.29, 0.717) is 36.1 Å². The van der Waals surface area contributed by atoms with Gasteiger partial charge in [-0.1, -0.05) is 25.3 Å². The molecule has 0 saturated heterocycles. The summed E-state index contributed by atoms with van der Waals surface area (Å²) in [5, 5.41) is 1.11. The first-order valence-corrected chi connectivity index (χ1v) is 15.9. The Kier molecular flexibility index (Phi) is 8.08. The summed E-state index contributed by atoms with van der Waals surface area (Å²) in [6.07, 6.45) is 6.51. The van der Waals surface area contributed by atoms with Crippen LogP contribution in [0.15, 0.2) is 36.4 Å². The molecule has 0 spiro atoms. The fraction of sp³-hybridized carbons (Fsp3) is 0.516. The number of hydrogen-bond acceptors (Lipinski definition) is 5. The highest BCUT2D eigenvalue weighted by Crippen LogP contribution is 2.47. The summed E-state index contributed by atoms with van der Waals surface area (Å²) >= 11 is -1.44. The van der Waals surface area contributed by atoms with E-state index in [1.807, 2.05) is 18.2 Å². The van der Waals surface area contributed by atoms with Crippen LogP contribution >= 0.6 is 0 Å². The standard InChI is InChI=1S/C31H39FN4O3S/c1-34-13-6-16-40(38)33-31(37)22-9-11-25-27(17-22)36-19-24(35(2)15-14-34)20-39-28-12-10-23(32)18-26(28)30(36)29(25)21-7-4-3-5-8-21/h9-12,17-18,21,24H,3-8,13-16,19-20H2,1-2H3,(H,33,37)/t24-,40?/m1/s1. The Balaban J connectivity index is 1.57. The van der Waals surface area contributed by atoms with E-state index >= 15 is 0 Å². The zero-order chi connectivity index (χ0) is 27.8. The maximum Gasteiger partial charge on any atom is 0.292 e. The molecule has 9 heteroatoms. The van der Waals surface area contributed by atoms with Gasteiger partial charge in [-0.15, -0.1) is 0 Å². The van der Waals surface area contributed by atoms with Crippen molar-refractivity contribution in [1.29, 1.82) is 0 Å². The monoisotopic (exact) mass is 566 g/mol. The Morgan fingerprint density at radius 1 is 1.02 bits per heavy atom. The SMILES string of the molecule is CN1CCC[S+]([O-])NC(=O)c2ccc3c(C4CCCCC4)c4n(c3c2)C[C@H](COc2ccc(F)cc2-4)N(C)CC1. The quantitative estimate of drug-likeness (QED) is 0.424. The van der Waals surface area contributed by atoms with Crippen LogP contribution in [0.4, 0.5) is 4.39 Å². The van der Waals surface area contributed by atoms with Gasteiger partial charge in [0.15, 0.2) is 0 Å². The van der Waals surface area contributed by atoms with E-state index in [1.54, 1.807) is 12.1 Å². The van der Waals surface area contributed by atoms with Gasteiger partial charge in [0.2, 0.25) is 0 Å². The van der Waals surface area contributed by atoms with Gasteiger partial charge in [-0.05, 0) is 68.8 Å². The first-order chi connectivity index (χ1) is 19.4. The summed E-state index contributed by atoms with van der Waals surface area (Å²) in [5.74, 6) is 0.849. The molecule has 1 saturated carbocycles. The van der Waals surface area contributed by atoms with Crippen LogP contribution in [0.3, 0.4) is 0 Å². The van der Waals surface area contributed by atoms with Gasteiger partial charge in [0.25, 0.3) is 5.91 Å². The Labute approximate surface area is 239 Å². The highest BCUT2D eigenvalue weighted by atomic mass is 32.2. The molecule has 214 valence electrons. The van der Waals surface area contributed by atoms with Crippen molar-refractivity contribution in [2.75, 3.05) is 46.1 Å². The van der Waals surface area contributed by atoms with Gasteiger partial charge in [-0.25, -0.2) is 4.39 Å². The molecule has 1 aliphatic carbocycles. The topological polar surface area (TPSA) is 72.8 Å². The van der Waals surface area contributed by atoms with E-state index in [4.69, 9.17) is 4.74 Å². The van der Waals surface area contributed by atoms with Crippen molar-refractivity contribution in [3.8, 4) is 17.0 Å². The van der Waals surface area contributed by atoms with Crippen molar-refractivity contribution in [3.63, 3.8) is 0 Å². The molecule has 1 N–H and O–H groups in total. The summed E-state index contributed by atoms with van der Waals surface area (Å²) in [6.45, 7) is 3.67. The zero-order valence-electron chi connectivity index (χ0n) is 23.5. The summed E-state index contributed by atoms with van der Waals surface area (Å²) in [7, 11) is 4.21. The number of rotatable bonds is 1. The van der Waals surface area contributed by atoms with Crippen molar-refractivity contribution in [2.24, 2.45) is 0 Å². The second-order valence-electron chi connectivity index (χ2n) is 11.7. The molecule has 1 aromatic heterocycles. The van der Waals surface area contributed by atoms with Crippen molar-refractivity contribution in [1.82, 2.24) is 19.1 Å². The van der Waals surface area contributed by atoms with Gasteiger partial charge < -0.3 is 18.8 Å². The van der Waals surface area contributed by atoms with Crippen LogP contribution in [0, 0.1) is 5.82 Å². The van der Waals surface area contributed by atoms with Gasteiger partial charge in [0.05, 0.1) is 23.1 Å². The third kappa shape index (κ3) is 5.49. The molecule has 3 aromatic rings. The number of fused-ring (bicyclic) bond motifs is 4. The van der Waals surface area contributed by atoms with Crippen LogP contribution in [0.1, 0.15) is 60.4 Å². The number of hydrogen-bond donors (Lipinski definition) is 1. The lowest BCUT2D eigenvalue weighted by Gasteiger charge is -2.33. The van der Waals surface area contributed by atoms with E-state index in [2.05, 4.69) is 33.2 Å². The number of nitrogens with one attached hydrogen (secondary N) is 1. The van der Waals surface area contributed by atoms with Gasteiger partial charge in [-0.2, -0.15) is 4.72 Å². The predicted molar refractivity (Wildman–Crippen MR) is 158 cm³/mol. The smallest absolute Gasteiger partial charge is 0.292 e. The van der Waals surface area contributed by atoms with Gasteiger partial charge in [-0.3, -0.25) is 9.69 Å². The van der Waals surface area contributed by atoms with E-state index in [1.165, 1.54) is 30.9 Å². The molecule has 1 fully saturated rings. The molecule has 7 nitrogen and oxygen atoms in total. The second-order valence-corrected chi connectivity index (χ2v) is 13.0. The molecule has 2 atom stereocenters. The third-order valence-electron chi connectivity index (χ3n) is 8.93. The molecule has 4 bridgehead atoms. The highest BCUT2D eigenvalue weighted by molar-refractivity contribution is 7.90. The lowest BCUT2D eigenvalue weighted by atomic mass is 9.81. The Morgan fingerprint density at radius 3 is 2.67 bits per heavy atom. The maximum absolute atomic E-state index is 14.8. The Morgan fingerprint density at radius 2 is 1.85 bits per heavy atom. The van der Waals surface area contributed by atoms with Crippen molar-refractivity contribution < 1.29 is 18.5 Å². The fourth-order valence-corrected chi connectivity index (χ4v) is 7.45. The minimum absolute atomic E-state index is 0.0815. The number of nitrogens with zero attached hydrogens (tertiary/aromatic N) is 3. The third-order valence-corrected chi connectivity index (χ3v) is 10.0. The number of carbonyl (C=O) groups is 1. The molecule has 1 amide bonds. The van der Waals surface area contributed by atoms with Crippen LogP contribution in [-0.2, 0) is 17.9 Å². The summed E-state index contributed by atoms with van der Waals surface area (Å²) in [5.41, 5.74) is 4.48. The average Bonchev–Trinajstić information content (AvgIpc) is 3.25. The fourth-order valence-electron chi connectivity index (χ4n) is 6.63. The molecule has 6 rings (SSSR count). The molecule has 2 aromatic carbocycles. The number of carbonyl (C=O) groups excluding carboxylic acids is 1. The van der Waals surface area contributed by atoms with Crippen LogP contribution < -0.4 is 9.46 Å². The van der Waals surface area contributed by atoms with Crippen LogP contribution in [0.2, 0.25) is 0 Å². The number of likely N-dealkylation sites (N-methyl/N-ethyl adjacent to an activating group) is 2. The zero-order valence-corrected chi connectivity index (χ0v) is 24.3. The van der Waals surface area contributed by atoms with Crippen LogP contribution in [-0.4, -0.2) is 77.0 Å². The highest BCUT2D eigenvalue weighted by Gasteiger charge is 2.32. The van der Waals surface area contributed by atoms with Crippen molar-refractivity contribution in [2.45, 2.75) is 57.0 Å². The van der Waals surface area contributed by atoms with E-state index in [0.717, 1.165) is 61.1 Å². The lowest BCUT2D eigenvalue weighted by molar-refractivity contribution is 0.0981. The number of halogens is 1. The molecule has 3 heterocycles.